The first-order valence-electron chi connectivity index (χ1n) is 5.94. The number of carbonyl (C=O) groups excluding carboxylic acids is 1. The molecule has 3 heteroatoms. The molecule has 0 bridgehead atoms. The molecule has 1 fully saturated rings. The molecule has 1 aliphatic rings. The summed E-state index contributed by atoms with van der Waals surface area (Å²) in [6, 6.07) is 9.77. The third kappa shape index (κ3) is 2.50. The lowest BCUT2D eigenvalue weighted by atomic mass is 9.97. The molecule has 0 amide bonds. The van der Waals surface area contributed by atoms with Crippen LogP contribution >= 0.6 is 0 Å². The molecule has 0 aromatic heterocycles. The lowest BCUT2D eigenvalue weighted by molar-refractivity contribution is -0.146. The second-order valence-corrected chi connectivity index (χ2v) is 4.99. The molecule has 0 N–H and O–H groups in total. The normalized spacial score (nSPS) is 26.9. The van der Waals surface area contributed by atoms with E-state index in [1.54, 1.807) is 0 Å². The van der Waals surface area contributed by atoms with Gasteiger partial charge in [-0.3, -0.25) is 0 Å². The minimum absolute atomic E-state index is 0.259. The number of carbonyl (C=O) groups is 1. The summed E-state index contributed by atoms with van der Waals surface area (Å²) in [5.74, 6) is 0.0886. The summed E-state index contributed by atoms with van der Waals surface area (Å²) in [5, 5.41) is 0. The molecule has 3 nitrogen and oxygen atoms in total. The van der Waals surface area contributed by atoms with Gasteiger partial charge in [0.25, 0.3) is 0 Å². The summed E-state index contributed by atoms with van der Waals surface area (Å²) >= 11 is 0. The quantitative estimate of drug-likeness (QED) is 0.593. The molecule has 1 aromatic carbocycles. The first-order chi connectivity index (χ1) is 8.04. The lowest BCUT2D eigenvalue weighted by Crippen LogP contribution is -2.20. The third-order valence-corrected chi connectivity index (χ3v) is 2.93. The van der Waals surface area contributed by atoms with Crippen LogP contribution in [0, 0.1) is 5.92 Å². The molecule has 2 rings (SSSR count). The number of hydrogen-bond donors (Lipinski definition) is 0. The average Bonchev–Trinajstić information content (AvgIpc) is 3.01. The van der Waals surface area contributed by atoms with Gasteiger partial charge in [0.15, 0.2) is 6.10 Å². The van der Waals surface area contributed by atoms with Crippen LogP contribution in [-0.2, 0) is 19.9 Å². The molecule has 1 saturated heterocycles. The van der Waals surface area contributed by atoms with Gasteiger partial charge in [-0.2, -0.15) is 0 Å². The second kappa shape index (κ2) is 4.49. The van der Waals surface area contributed by atoms with E-state index in [4.69, 9.17) is 9.47 Å². The Morgan fingerprint density at radius 1 is 1.41 bits per heavy atom. The summed E-state index contributed by atoms with van der Waals surface area (Å²) in [4.78, 5) is 11.8. The van der Waals surface area contributed by atoms with Gasteiger partial charge in [-0.05, 0) is 18.4 Å². The van der Waals surface area contributed by atoms with Crippen LogP contribution in [0.4, 0.5) is 0 Å². The molecule has 17 heavy (non-hydrogen) atoms. The van der Waals surface area contributed by atoms with Crippen LogP contribution in [0.2, 0.25) is 0 Å². The van der Waals surface area contributed by atoms with E-state index in [1.807, 2.05) is 51.1 Å². The number of benzene rings is 1. The lowest BCUT2D eigenvalue weighted by Gasteiger charge is -2.08. The molecular weight excluding hydrogens is 216 g/mol. The second-order valence-electron chi connectivity index (χ2n) is 4.99. The van der Waals surface area contributed by atoms with E-state index < -0.39 is 11.7 Å². The van der Waals surface area contributed by atoms with Gasteiger partial charge in [-0.15, -0.1) is 0 Å². The fourth-order valence-electron chi connectivity index (χ4n) is 1.80. The van der Waals surface area contributed by atoms with Crippen LogP contribution in [0.25, 0.3) is 0 Å². The molecule has 1 aromatic rings. The number of esters is 1. The third-order valence-electron chi connectivity index (χ3n) is 2.93. The van der Waals surface area contributed by atoms with E-state index in [1.165, 1.54) is 0 Å². The Bertz CT molecular complexity index is 399. The Balaban J connectivity index is 1.97. The fraction of sp³-hybridized carbons (Fsp3) is 0.500. The summed E-state index contributed by atoms with van der Waals surface area (Å²) in [5.41, 5.74) is 0.515. The largest absolute Gasteiger partial charge is 0.463 e. The molecule has 92 valence electrons. The number of epoxide rings is 1. The van der Waals surface area contributed by atoms with Crippen LogP contribution in [0.3, 0.4) is 0 Å². The topological polar surface area (TPSA) is 38.8 Å². The molecule has 2 atom stereocenters. The predicted molar refractivity (Wildman–Crippen MR) is 64.5 cm³/mol. The van der Waals surface area contributed by atoms with Gasteiger partial charge in [0.1, 0.15) is 5.60 Å². The highest BCUT2D eigenvalue weighted by Crippen LogP contribution is 2.46. The molecule has 0 saturated carbocycles. The molecular formula is C14H18O3. The highest BCUT2D eigenvalue weighted by molar-refractivity contribution is 5.79. The van der Waals surface area contributed by atoms with Crippen molar-refractivity contribution >= 4 is 5.97 Å². The van der Waals surface area contributed by atoms with E-state index in [0.29, 0.717) is 12.5 Å². The molecule has 0 spiro atoms. The molecule has 0 radical (unpaired) electrons. The van der Waals surface area contributed by atoms with Crippen molar-refractivity contribution in [2.45, 2.75) is 32.5 Å². The summed E-state index contributed by atoms with van der Waals surface area (Å²) in [7, 11) is 0. The van der Waals surface area contributed by atoms with Gasteiger partial charge in [-0.1, -0.05) is 44.2 Å². The Morgan fingerprint density at radius 3 is 2.65 bits per heavy atom. The minimum atomic E-state index is -0.505. The van der Waals surface area contributed by atoms with Gasteiger partial charge in [0.05, 0.1) is 6.61 Å². The van der Waals surface area contributed by atoms with Gasteiger partial charge in [-0.25, -0.2) is 4.79 Å². The molecule has 0 aliphatic carbocycles. The zero-order valence-corrected chi connectivity index (χ0v) is 10.5. The maximum Gasteiger partial charge on any atom is 0.338 e. The Morgan fingerprint density at radius 2 is 2.06 bits per heavy atom. The summed E-state index contributed by atoms with van der Waals surface area (Å²) in [6.45, 7) is 6.39. The van der Waals surface area contributed by atoms with Crippen molar-refractivity contribution in [2.24, 2.45) is 5.92 Å². The standard InChI is InChI=1S/C14H18O3/c1-10(2)9-16-13(15)12-14(3,17-12)11-7-5-4-6-8-11/h4-8,10,12H,9H2,1-3H3/t12-,14+/m1/s1. The smallest absolute Gasteiger partial charge is 0.338 e. The van der Waals surface area contributed by atoms with E-state index >= 15 is 0 Å². The molecule has 1 heterocycles. The van der Waals surface area contributed by atoms with Gasteiger partial charge in [0, 0.05) is 0 Å². The first-order valence-corrected chi connectivity index (χ1v) is 5.94. The van der Waals surface area contributed by atoms with Crippen molar-refractivity contribution in [2.75, 3.05) is 6.61 Å². The molecule has 1 aliphatic heterocycles. The van der Waals surface area contributed by atoms with Crippen LogP contribution in [0.1, 0.15) is 26.3 Å². The fourth-order valence-corrected chi connectivity index (χ4v) is 1.80. The summed E-state index contributed by atoms with van der Waals surface area (Å²) < 4.78 is 10.7. The van der Waals surface area contributed by atoms with Crippen LogP contribution in [0.15, 0.2) is 30.3 Å². The zero-order valence-electron chi connectivity index (χ0n) is 10.5. The van der Waals surface area contributed by atoms with E-state index in [9.17, 15) is 4.79 Å². The Labute approximate surface area is 102 Å². The van der Waals surface area contributed by atoms with Crippen LogP contribution in [-0.4, -0.2) is 18.7 Å². The minimum Gasteiger partial charge on any atom is -0.463 e. The van der Waals surface area contributed by atoms with E-state index in [0.717, 1.165) is 5.56 Å². The van der Waals surface area contributed by atoms with Gasteiger partial charge < -0.3 is 9.47 Å². The first kappa shape index (κ1) is 12.1. The highest BCUT2D eigenvalue weighted by Gasteiger charge is 2.59. The summed E-state index contributed by atoms with van der Waals surface area (Å²) in [6.07, 6.45) is -0.455. The van der Waals surface area contributed by atoms with Crippen molar-refractivity contribution in [3.05, 3.63) is 35.9 Å². The van der Waals surface area contributed by atoms with Crippen molar-refractivity contribution < 1.29 is 14.3 Å². The zero-order chi connectivity index (χ0) is 12.5. The van der Waals surface area contributed by atoms with Crippen molar-refractivity contribution in [3.63, 3.8) is 0 Å². The van der Waals surface area contributed by atoms with Crippen molar-refractivity contribution in [3.8, 4) is 0 Å². The number of hydrogen-bond acceptors (Lipinski definition) is 3. The maximum absolute atomic E-state index is 11.8. The Hall–Kier alpha value is -1.35. The Kier molecular flexibility index (Phi) is 3.20. The number of ether oxygens (including phenoxy) is 2. The van der Waals surface area contributed by atoms with Crippen LogP contribution < -0.4 is 0 Å². The van der Waals surface area contributed by atoms with E-state index in [2.05, 4.69) is 0 Å². The van der Waals surface area contributed by atoms with Crippen molar-refractivity contribution in [1.82, 2.24) is 0 Å². The molecule has 0 unspecified atom stereocenters. The van der Waals surface area contributed by atoms with Gasteiger partial charge in [0.2, 0.25) is 0 Å². The SMILES string of the molecule is CC(C)COC(=O)[C@H]1O[C@@]1(C)c1ccccc1. The highest BCUT2D eigenvalue weighted by atomic mass is 16.7. The van der Waals surface area contributed by atoms with E-state index in [-0.39, 0.29) is 5.97 Å². The van der Waals surface area contributed by atoms with Gasteiger partial charge >= 0.3 is 5.97 Å². The van der Waals surface area contributed by atoms with Crippen LogP contribution in [0.5, 0.6) is 0 Å². The monoisotopic (exact) mass is 234 g/mol. The predicted octanol–water partition coefficient (Wildman–Crippen LogP) is 2.50. The number of rotatable bonds is 4. The average molecular weight is 234 g/mol. The maximum atomic E-state index is 11.8. The van der Waals surface area contributed by atoms with Crippen molar-refractivity contribution in [1.29, 1.82) is 0 Å².